The van der Waals surface area contributed by atoms with Crippen LogP contribution in [0.15, 0.2) is 6.33 Å². The quantitative estimate of drug-likeness (QED) is 0.801. The lowest BCUT2D eigenvalue weighted by molar-refractivity contribution is 0.783. The summed E-state index contributed by atoms with van der Waals surface area (Å²) >= 11 is 6.12. The van der Waals surface area contributed by atoms with E-state index in [0.29, 0.717) is 5.15 Å². The van der Waals surface area contributed by atoms with Crippen LogP contribution in [0.3, 0.4) is 0 Å². The van der Waals surface area contributed by atoms with E-state index in [2.05, 4.69) is 28.9 Å². The van der Waals surface area contributed by atoms with E-state index in [1.165, 1.54) is 11.9 Å². The first-order valence-electron chi connectivity index (χ1n) is 6.14. The third kappa shape index (κ3) is 2.01. The molecule has 2 aromatic heterocycles. The highest BCUT2D eigenvalue weighted by atomic mass is 35.5. The number of aryl methyl sites for hydroxylation is 1. The third-order valence-electron chi connectivity index (χ3n) is 3.22. The molecule has 0 bridgehead atoms. The molecule has 4 nitrogen and oxygen atoms in total. The van der Waals surface area contributed by atoms with Gasteiger partial charge in [-0.2, -0.15) is 5.10 Å². The first-order valence-corrected chi connectivity index (χ1v) is 6.52. The summed E-state index contributed by atoms with van der Waals surface area (Å²) in [5, 5.41) is 5.08. The highest BCUT2D eigenvalue weighted by Crippen LogP contribution is 2.23. The molecule has 96 valence electrons. The van der Waals surface area contributed by atoms with E-state index in [1.807, 2.05) is 18.5 Å². The summed E-state index contributed by atoms with van der Waals surface area (Å²) in [6.07, 6.45) is 3.24. The maximum Gasteiger partial charge on any atom is 0.161 e. The zero-order valence-corrected chi connectivity index (χ0v) is 11.9. The molecular formula is C13H17ClN4. The summed E-state index contributed by atoms with van der Waals surface area (Å²) in [6, 6.07) is 0. The van der Waals surface area contributed by atoms with Gasteiger partial charge in [0.05, 0.1) is 5.69 Å². The van der Waals surface area contributed by atoms with Gasteiger partial charge in [-0.1, -0.05) is 25.4 Å². The number of rotatable bonds is 3. The van der Waals surface area contributed by atoms with Gasteiger partial charge in [-0.15, -0.1) is 0 Å². The summed E-state index contributed by atoms with van der Waals surface area (Å²) in [5.74, 6) is 0.790. The predicted molar refractivity (Wildman–Crippen MR) is 72.4 cm³/mol. The van der Waals surface area contributed by atoms with E-state index < -0.39 is 0 Å². The number of hydrogen-bond acceptors (Lipinski definition) is 3. The number of hydrogen-bond donors (Lipinski definition) is 0. The molecule has 0 aliphatic carbocycles. The largest absolute Gasteiger partial charge is 0.224 e. The van der Waals surface area contributed by atoms with Crippen LogP contribution in [0.5, 0.6) is 0 Å². The molecule has 0 saturated carbocycles. The monoisotopic (exact) mass is 264 g/mol. The van der Waals surface area contributed by atoms with Gasteiger partial charge in [0.15, 0.2) is 5.82 Å². The standard InChI is InChI=1S/C13H17ClN4/c1-5-10-8(3)17-18(9(10)4)13-11(6-2)12(14)15-7-16-13/h7H,5-6H2,1-4H3. The second kappa shape index (κ2) is 5.06. The molecule has 0 aliphatic rings. The molecule has 0 unspecified atom stereocenters. The second-order valence-electron chi connectivity index (χ2n) is 4.23. The Morgan fingerprint density at radius 1 is 1.11 bits per heavy atom. The molecule has 0 aliphatic heterocycles. The molecule has 0 fully saturated rings. The zero-order chi connectivity index (χ0) is 13.3. The normalized spacial score (nSPS) is 10.9. The van der Waals surface area contributed by atoms with E-state index in [-0.39, 0.29) is 0 Å². The Bertz CT molecular complexity index is 575. The van der Waals surface area contributed by atoms with Gasteiger partial charge >= 0.3 is 0 Å². The average molecular weight is 265 g/mol. The van der Waals surface area contributed by atoms with Crippen LogP contribution in [-0.2, 0) is 12.8 Å². The molecule has 0 amide bonds. The molecule has 2 heterocycles. The molecule has 0 spiro atoms. The molecular weight excluding hydrogens is 248 g/mol. The molecule has 0 N–H and O–H groups in total. The number of nitrogens with zero attached hydrogens (tertiary/aromatic N) is 4. The fraction of sp³-hybridized carbons (Fsp3) is 0.462. The van der Waals surface area contributed by atoms with Gasteiger partial charge in [0, 0.05) is 11.3 Å². The predicted octanol–water partition coefficient (Wildman–Crippen LogP) is 3.06. The lowest BCUT2D eigenvalue weighted by Gasteiger charge is -2.09. The number of aromatic nitrogens is 4. The van der Waals surface area contributed by atoms with Crippen LogP contribution < -0.4 is 0 Å². The topological polar surface area (TPSA) is 43.6 Å². The van der Waals surface area contributed by atoms with E-state index in [9.17, 15) is 0 Å². The average Bonchev–Trinajstić information content (AvgIpc) is 2.64. The van der Waals surface area contributed by atoms with E-state index in [4.69, 9.17) is 11.6 Å². The highest BCUT2D eigenvalue weighted by molar-refractivity contribution is 6.30. The van der Waals surface area contributed by atoms with Crippen LogP contribution in [0.25, 0.3) is 5.82 Å². The van der Waals surface area contributed by atoms with Crippen molar-refractivity contribution in [2.24, 2.45) is 0 Å². The maximum absolute atomic E-state index is 6.12. The van der Waals surface area contributed by atoms with Crippen molar-refractivity contribution in [1.82, 2.24) is 19.7 Å². The fourth-order valence-electron chi connectivity index (χ4n) is 2.26. The molecule has 0 atom stereocenters. The van der Waals surface area contributed by atoms with Crippen molar-refractivity contribution >= 4 is 11.6 Å². The first kappa shape index (κ1) is 13.0. The van der Waals surface area contributed by atoms with Gasteiger partial charge in [0.25, 0.3) is 0 Å². The van der Waals surface area contributed by atoms with Gasteiger partial charge in [0.1, 0.15) is 11.5 Å². The summed E-state index contributed by atoms with van der Waals surface area (Å²) in [6.45, 7) is 8.26. The minimum Gasteiger partial charge on any atom is -0.224 e. The molecule has 0 radical (unpaired) electrons. The van der Waals surface area contributed by atoms with Crippen molar-refractivity contribution in [2.75, 3.05) is 0 Å². The van der Waals surface area contributed by atoms with Crippen molar-refractivity contribution in [3.05, 3.63) is 34.0 Å². The third-order valence-corrected chi connectivity index (χ3v) is 3.54. The SMILES string of the molecule is CCc1c(Cl)ncnc1-n1nc(C)c(CC)c1C. The van der Waals surface area contributed by atoms with Crippen LogP contribution >= 0.6 is 11.6 Å². The lowest BCUT2D eigenvalue weighted by Crippen LogP contribution is -2.07. The summed E-state index contributed by atoms with van der Waals surface area (Å²) < 4.78 is 1.88. The molecule has 18 heavy (non-hydrogen) atoms. The van der Waals surface area contributed by atoms with Gasteiger partial charge in [-0.3, -0.25) is 0 Å². The fourth-order valence-corrected chi connectivity index (χ4v) is 2.52. The Labute approximate surface area is 112 Å². The Kier molecular flexibility index (Phi) is 3.66. The van der Waals surface area contributed by atoms with Gasteiger partial charge in [-0.25, -0.2) is 14.6 Å². The van der Waals surface area contributed by atoms with Crippen molar-refractivity contribution in [3.8, 4) is 5.82 Å². The van der Waals surface area contributed by atoms with Crippen LogP contribution in [-0.4, -0.2) is 19.7 Å². The van der Waals surface area contributed by atoms with Crippen LogP contribution in [0.4, 0.5) is 0 Å². The Morgan fingerprint density at radius 3 is 2.33 bits per heavy atom. The van der Waals surface area contributed by atoms with Crippen LogP contribution in [0, 0.1) is 13.8 Å². The Morgan fingerprint density at radius 2 is 1.78 bits per heavy atom. The van der Waals surface area contributed by atoms with Crippen molar-refractivity contribution in [2.45, 2.75) is 40.5 Å². The molecule has 2 rings (SSSR count). The Balaban J connectivity index is 2.66. The minimum atomic E-state index is 0.508. The molecule has 5 heteroatoms. The summed E-state index contributed by atoms with van der Waals surface area (Å²) in [7, 11) is 0. The van der Waals surface area contributed by atoms with Gasteiger partial charge in [0.2, 0.25) is 0 Å². The maximum atomic E-state index is 6.12. The molecule has 0 aromatic carbocycles. The molecule has 0 saturated heterocycles. The zero-order valence-electron chi connectivity index (χ0n) is 11.2. The van der Waals surface area contributed by atoms with E-state index in [0.717, 1.165) is 35.6 Å². The summed E-state index contributed by atoms with van der Waals surface area (Å²) in [4.78, 5) is 8.36. The van der Waals surface area contributed by atoms with Crippen LogP contribution in [0.1, 0.15) is 36.4 Å². The first-order chi connectivity index (χ1) is 8.60. The second-order valence-corrected chi connectivity index (χ2v) is 4.59. The van der Waals surface area contributed by atoms with Crippen LogP contribution in [0.2, 0.25) is 5.15 Å². The number of halogens is 1. The summed E-state index contributed by atoms with van der Waals surface area (Å²) in [5.41, 5.74) is 4.38. The van der Waals surface area contributed by atoms with Gasteiger partial charge in [-0.05, 0) is 32.3 Å². The van der Waals surface area contributed by atoms with E-state index in [1.54, 1.807) is 0 Å². The van der Waals surface area contributed by atoms with E-state index >= 15 is 0 Å². The highest BCUT2D eigenvalue weighted by Gasteiger charge is 2.16. The van der Waals surface area contributed by atoms with Crippen molar-refractivity contribution in [3.63, 3.8) is 0 Å². The minimum absolute atomic E-state index is 0.508. The van der Waals surface area contributed by atoms with Crippen molar-refractivity contribution < 1.29 is 0 Å². The molecule has 2 aromatic rings. The lowest BCUT2D eigenvalue weighted by atomic mass is 10.1. The Hall–Kier alpha value is -1.42. The smallest absolute Gasteiger partial charge is 0.161 e. The van der Waals surface area contributed by atoms with Gasteiger partial charge < -0.3 is 0 Å². The van der Waals surface area contributed by atoms with Crippen molar-refractivity contribution in [1.29, 1.82) is 0 Å².